The van der Waals surface area contributed by atoms with Gasteiger partial charge in [0, 0.05) is 24.0 Å². The molecule has 2 aromatic heterocycles. The van der Waals surface area contributed by atoms with Crippen LogP contribution in [0.25, 0.3) is 33.5 Å². The minimum absolute atomic E-state index is 0.106. The van der Waals surface area contributed by atoms with Crippen molar-refractivity contribution in [1.82, 2.24) is 25.5 Å². The van der Waals surface area contributed by atoms with E-state index in [0.717, 1.165) is 33.2 Å². The van der Waals surface area contributed by atoms with Gasteiger partial charge in [0.2, 0.25) is 5.91 Å². The van der Waals surface area contributed by atoms with Crippen molar-refractivity contribution in [3.05, 3.63) is 41.5 Å². The molecule has 0 bridgehead atoms. The van der Waals surface area contributed by atoms with Crippen LogP contribution in [-0.2, 0) is 10.2 Å². The van der Waals surface area contributed by atoms with E-state index in [1.165, 1.54) is 0 Å². The summed E-state index contributed by atoms with van der Waals surface area (Å²) in [6.07, 6.45) is 0. The number of carbonyl (C=O) groups excluding carboxylic acids is 2. The van der Waals surface area contributed by atoms with E-state index in [2.05, 4.69) is 20.5 Å². The molecular formula is C23H24N6O2. The summed E-state index contributed by atoms with van der Waals surface area (Å²) in [7, 11) is 0. The average Bonchev–Trinajstić information content (AvgIpc) is 3.40. The minimum Gasteiger partial charge on any atom is -0.352 e. The molecule has 3 N–H and O–H groups in total. The van der Waals surface area contributed by atoms with Gasteiger partial charge in [-0.05, 0) is 63.6 Å². The number of hydrogen-bond donors (Lipinski definition) is 3. The number of benzene rings is 2. The Hall–Kier alpha value is -3.68. The number of likely N-dealkylation sites (N-methyl/N-ethyl adjacent to an activating group) is 1. The van der Waals surface area contributed by atoms with Gasteiger partial charge in [-0.2, -0.15) is 5.10 Å². The maximum atomic E-state index is 12.8. The van der Waals surface area contributed by atoms with Crippen LogP contribution in [0.3, 0.4) is 0 Å². The number of carbonyl (C=O) groups is 2. The number of H-pyrrole nitrogens is 2. The molecule has 0 unspecified atom stereocenters. The number of hydrogen-bond acceptors (Lipinski definition) is 4. The molecular weight excluding hydrogens is 392 g/mol. The molecule has 8 nitrogen and oxygen atoms in total. The van der Waals surface area contributed by atoms with Crippen LogP contribution in [-0.4, -0.2) is 45.1 Å². The van der Waals surface area contributed by atoms with E-state index in [1.54, 1.807) is 6.07 Å². The molecule has 1 aliphatic rings. The van der Waals surface area contributed by atoms with Crippen LogP contribution < -0.4 is 10.2 Å². The van der Waals surface area contributed by atoms with E-state index in [4.69, 9.17) is 4.98 Å². The van der Waals surface area contributed by atoms with Gasteiger partial charge in [-0.3, -0.25) is 14.7 Å². The molecule has 0 saturated heterocycles. The molecule has 3 heterocycles. The molecule has 0 radical (unpaired) electrons. The van der Waals surface area contributed by atoms with E-state index in [9.17, 15) is 9.59 Å². The standard InChI is InChI=1S/C23H24N6O2/c1-5-24-21(30)12-7-8-15-13(9-12)19(28-27-15)20-25-16-10-14-18(11-17(16)26-20)29(6-2)22(31)23(14,3)4/h7-11H,5-6H2,1-4H3,(H,24,30)(H,25,26)(H,27,28). The molecule has 4 aromatic rings. The third-order valence-corrected chi connectivity index (χ3v) is 6.05. The fourth-order valence-corrected chi connectivity index (χ4v) is 4.36. The summed E-state index contributed by atoms with van der Waals surface area (Å²) in [6, 6.07) is 9.43. The summed E-state index contributed by atoms with van der Waals surface area (Å²) in [5, 5.41) is 11.1. The van der Waals surface area contributed by atoms with Gasteiger partial charge in [-0.15, -0.1) is 0 Å². The fraction of sp³-hybridized carbons (Fsp3) is 0.304. The predicted octanol–water partition coefficient (Wildman–Crippen LogP) is 3.50. The molecule has 31 heavy (non-hydrogen) atoms. The smallest absolute Gasteiger partial charge is 0.251 e. The summed E-state index contributed by atoms with van der Waals surface area (Å²) in [4.78, 5) is 35.0. The number of amides is 2. The summed E-state index contributed by atoms with van der Waals surface area (Å²) in [5.74, 6) is 0.600. The van der Waals surface area contributed by atoms with Gasteiger partial charge < -0.3 is 15.2 Å². The average molecular weight is 416 g/mol. The zero-order chi connectivity index (χ0) is 21.9. The Morgan fingerprint density at radius 1 is 1.16 bits per heavy atom. The number of fused-ring (bicyclic) bond motifs is 3. The van der Waals surface area contributed by atoms with E-state index < -0.39 is 5.41 Å². The van der Waals surface area contributed by atoms with E-state index in [1.807, 2.05) is 56.9 Å². The summed E-state index contributed by atoms with van der Waals surface area (Å²) >= 11 is 0. The molecule has 0 spiro atoms. The van der Waals surface area contributed by atoms with E-state index >= 15 is 0 Å². The lowest BCUT2D eigenvalue weighted by atomic mass is 9.86. The highest BCUT2D eigenvalue weighted by molar-refractivity contribution is 6.09. The van der Waals surface area contributed by atoms with E-state index in [0.29, 0.717) is 30.2 Å². The molecule has 0 atom stereocenters. The van der Waals surface area contributed by atoms with Crippen LogP contribution in [0.1, 0.15) is 43.6 Å². The number of nitrogens with one attached hydrogen (secondary N) is 3. The second-order valence-corrected chi connectivity index (χ2v) is 8.34. The minimum atomic E-state index is -0.578. The largest absolute Gasteiger partial charge is 0.352 e. The fourth-order valence-electron chi connectivity index (χ4n) is 4.36. The molecule has 0 aliphatic carbocycles. The number of anilines is 1. The van der Waals surface area contributed by atoms with Gasteiger partial charge in [-0.25, -0.2) is 4.98 Å². The van der Waals surface area contributed by atoms with Crippen LogP contribution in [0.15, 0.2) is 30.3 Å². The highest BCUT2D eigenvalue weighted by atomic mass is 16.2. The third kappa shape index (κ3) is 2.74. The van der Waals surface area contributed by atoms with Crippen molar-refractivity contribution in [3.8, 4) is 11.5 Å². The first kappa shape index (κ1) is 19.3. The zero-order valence-electron chi connectivity index (χ0n) is 18.0. The number of nitrogens with zero attached hydrogens (tertiary/aromatic N) is 3. The second kappa shape index (κ2) is 6.66. The van der Waals surface area contributed by atoms with E-state index in [-0.39, 0.29) is 11.8 Å². The Bertz CT molecular complexity index is 1360. The predicted molar refractivity (Wildman–Crippen MR) is 120 cm³/mol. The summed E-state index contributed by atoms with van der Waals surface area (Å²) in [6.45, 7) is 8.96. The van der Waals surface area contributed by atoms with Crippen molar-refractivity contribution in [2.45, 2.75) is 33.1 Å². The Labute approximate surface area is 179 Å². The van der Waals surface area contributed by atoms with Crippen molar-refractivity contribution in [3.63, 3.8) is 0 Å². The topological polar surface area (TPSA) is 107 Å². The number of imidazole rings is 1. The van der Waals surface area contributed by atoms with Gasteiger partial charge >= 0.3 is 0 Å². The Morgan fingerprint density at radius 3 is 2.71 bits per heavy atom. The van der Waals surface area contributed by atoms with Crippen LogP contribution in [0.5, 0.6) is 0 Å². The Balaban J connectivity index is 1.64. The number of rotatable bonds is 4. The van der Waals surface area contributed by atoms with Crippen molar-refractivity contribution in [2.75, 3.05) is 18.0 Å². The normalized spacial score (nSPS) is 15.1. The second-order valence-electron chi connectivity index (χ2n) is 8.34. The van der Waals surface area contributed by atoms with Gasteiger partial charge in [0.15, 0.2) is 5.82 Å². The monoisotopic (exact) mass is 416 g/mol. The lowest BCUT2D eigenvalue weighted by molar-refractivity contribution is -0.122. The molecule has 2 amide bonds. The first-order chi connectivity index (χ1) is 14.8. The van der Waals surface area contributed by atoms with Crippen LogP contribution in [0, 0.1) is 0 Å². The highest BCUT2D eigenvalue weighted by Crippen LogP contribution is 2.43. The first-order valence-electron chi connectivity index (χ1n) is 10.5. The van der Waals surface area contributed by atoms with Gasteiger partial charge in [0.1, 0.15) is 5.69 Å². The maximum absolute atomic E-state index is 12.8. The molecule has 0 saturated carbocycles. The third-order valence-electron chi connectivity index (χ3n) is 6.05. The maximum Gasteiger partial charge on any atom is 0.251 e. The van der Waals surface area contributed by atoms with Crippen LogP contribution in [0.4, 0.5) is 5.69 Å². The molecule has 1 aliphatic heterocycles. The highest BCUT2D eigenvalue weighted by Gasteiger charge is 2.43. The molecule has 2 aromatic carbocycles. The molecule has 8 heteroatoms. The van der Waals surface area contributed by atoms with Gasteiger partial charge in [0.25, 0.3) is 5.91 Å². The van der Waals surface area contributed by atoms with Crippen molar-refractivity contribution in [2.24, 2.45) is 0 Å². The first-order valence-corrected chi connectivity index (χ1v) is 10.5. The van der Waals surface area contributed by atoms with Crippen molar-refractivity contribution < 1.29 is 9.59 Å². The molecule has 158 valence electrons. The lowest BCUT2D eigenvalue weighted by Gasteiger charge is -2.18. The van der Waals surface area contributed by atoms with Crippen molar-refractivity contribution in [1.29, 1.82) is 0 Å². The number of aromatic nitrogens is 4. The van der Waals surface area contributed by atoms with Crippen LogP contribution >= 0.6 is 0 Å². The van der Waals surface area contributed by atoms with Crippen LogP contribution in [0.2, 0.25) is 0 Å². The summed E-state index contributed by atoms with van der Waals surface area (Å²) < 4.78 is 0. The Kier molecular flexibility index (Phi) is 4.15. The van der Waals surface area contributed by atoms with Crippen molar-refractivity contribution >= 4 is 39.4 Å². The quantitative estimate of drug-likeness (QED) is 0.473. The van der Waals surface area contributed by atoms with Gasteiger partial charge in [0.05, 0.1) is 27.7 Å². The molecule has 0 fully saturated rings. The Morgan fingerprint density at radius 2 is 1.97 bits per heavy atom. The molecule has 5 rings (SSSR count). The summed E-state index contributed by atoms with van der Waals surface area (Å²) in [5.41, 5.74) is 5.00. The van der Waals surface area contributed by atoms with Gasteiger partial charge in [-0.1, -0.05) is 0 Å². The number of aromatic amines is 2. The zero-order valence-corrected chi connectivity index (χ0v) is 18.0. The lowest BCUT2D eigenvalue weighted by Crippen LogP contribution is -2.35. The SMILES string of the molecule is CCNC(=O)c1ccc2[nH]nc(-c3nc4cc5c(cc4[nH]3)C(C)(C)C(=O)N5CC)c2c1.